The molecule has 0 spiro atoms. The third-order valence-corrected chi connectivity index (χ3v) is 4.27. The van der Waals surface area contributed by atoms with Crippen LogP contribution in [0.15, 0.2) is 55.0 Å². The fourth-order valence-corrected chi connectivity index (χ4v) is 3.19. The van der Waals surface area contributed by atoms with Crippen LogP contribution in [-0.2, 0) is 4.74 Å². The van der Waals surface area contributed by atoms with E-state index in [-0.39, 0.29) is 12.1 Å². The number of aliphatic hydroxyl groups excluding tert-OH is 1. The van der Waals surface area contributed by atoms with Gasteiger partial charge in [0.15, 0.2) is 5.65 Å². The number of rotatable bonds is 2. The second kappa shape index (κ2) is 5.12. The summed E-state index contributed by atoms with van der Waals surface area (Å²) in [4.78, 5) is 4.42. The van der Waals surface area contributed by atoms with Gasteiger partial charge in [0, 0.05) is 31.3 Å². The van der Waals surface area contributed by atoms with Crippen LogP contribution < -0.4 is 5.32 Å². The number of nitrogens with zero attached hydrogens (tertiary/aromatic N) is 2. The van der Waals surface area contributed by atoms with Gasteiger partial charge in [0.1, 0.15) is 12.2 Å². The van der Waals surface area contributed by atoms with Crippen LogP contribution in [0, 0.1) is 0 Å². The number of imidazole rings is 1. The van der Waals surface area contributed by atoms with Gasteiger partial charge in [-0.05, 0) is 11.6 Å². The molecular weight excluding hydrogens is 278 g/mol. The van der Waals surface area contributed by atoms with Gasteiger partial charge in [-0.15, -0.1) is 0 Å². The lowest BCUT2D eigenvalue weighted by atomic mass is 9.89. The normalized spacial score (nSPS) is 24.0. The van der Waals surface area contributed by atoms with Crippen molar-refractivity contribution in [1.29, 1.82) is 0 Å². The van der Waals surface area contributed by atoms with Crippen LogP contribution in [0.25, 0.3) is 5.65 Å². The molecule has 2 N–H and O–H groups in total. The summed E-state index contributed by atoms with van der Waals surface area (Å²) >= 11 is 0. The molecule has 0 unspecified atom stereocenters. The Hall–Kier alpha value is -2.37. The van der Waals surface area contributed by atoms with Crippen LogP contribution in [0.5, 0.6) is 0 Å². The molecule has 3 aromatic rings. The molecule has 0 bridgehead atoms. The molecule has 4 rings (SSSR count). The van der Waals surface area contributed by atoms with E-state index in [4.69, 9.17) is 4.74 Å². The average molecular weight is 295 g/mol. The fourth-order valence-electron chi connectivity index (χ4n) is 3.19. The van der Waals surface area contributed by atoms with Gasteiger partial charge in [-0.1, -0.05) is 30.3 Å². The van der Waals surface area contributed by atoms with Crippen LogP contribution in [0.3, 0.4) is 0 Å². The zero-order chi connectivity index (χ0) is 15.1. The second-order valence-electron chi connectivity index (χ2n) is 5.48. The van der Waals surface area contributed by atoms with Gasteiger partial charge in [-0.3, -0.25) is 0 Å². The molecule has 0 fully saturated rings. The molecule has 1 aliphatic heterocycles. The Balaban J connectivity index is 1.88. The Morgan fingerprint density at radius 1 is 1.18 bits per heavy atom. The van der Waals surface area contributed by atoms with E-state index < -0.39 is 6.10 Å². The van der Waals surface area contributed by atoms with Crippen molar-refractivity contribution in [3.8, 4) is 0 Å². The third kappa shape index (κ3) is 1.90. The SMILES string of the molecule is CO[C@H]1c2ccn3ccnc3c2N[C@H](c2ccccc2)[C@H]1O. The highest BCUT2D eigenvalue weighted by Gasteiger charge is 2.37. The Labute approximate surface area is 128 Å². The average Bonchev–Trinajstić information content (AvgIpc) is 3.04. The van der Waals surface area contributed by atoms with Crippen LogP contribution in [0.2, 0.25) is 0 Å². The first-order valence-corrected chi connectivity index (χ1v) is 7.27. The fraction of sp³-hybridized carbons (Fsp3) is 0.235. The van der Waals surface area contributed by atoms with Crippen LogP contribution >= 0.6 is 0 Å². The minimum absolute atomic E-state index is 0.235. The maximum Gasteiger partial charge on any atom is 0.160 e. The van der Waals surface area contributed by atoms with Gasteiger partial charge in [0.25, 0.3) is 0 Å². The van der Waals surface area contributed by atoms with Crippen LogP contribution in [0.4, 0.5) is 5.69 Å². The van der Waals surface area contributed by atoms with E-state index in [1.54, 1.807) is 13.3 Å². The van der Waals surface area contributed by atoms with E-state index >= 15 is 0 Å². The van der Waals surface area contributed by atoms with E-state index in [1.807, 2.05) is 53.2 Å². The van der Waals surface area contributed by atoms with Crippen LogP contribution in [-0.4, -0.2) is 27.7 Å². The number of methoxy groups -OCH3 is 1. The predicted octanol–water partition coefficient (Wildman–Crippen LogP) is 2.55. The lowest BCUT2D eigenvalue weighted by Gasteiger charge is -2.37. The van der Waals surface area contributed by atoms with Crippen molar-refractivity contribution in [2.45, 2.75) is 18.2 Å². The molecule has 3 heterocycles. The molecule has 3 atom stereocenters. The number of fused-ring (bicyclic) bond motifs is 3. The lowest BCUT2D eigenvalue weighted by molar-refractivity contribution is -0.0268. The highest BCUT2D eigenvalue weighted by molar-refractivity contribution is 5.74. The van der Waals surface area contributed by atoms with Gasteiger partial charge >= 0.3 is 0 Å². The first-order chi connectivity index (χ1) is 10.8. The zero-order valence-corrected chi connectivity index (χ0v) is 12.2. The van der Waals surface area contributed by atoms with Crippen molar-refractivity contribution in [1.82, 2.24) is 9.38 Å². The Bertz CT molecular complexity index is 800. The van der Waals surface area contributed by atoms with Crippen molar-refractivity contribution in [2.24, 2.45) is 0 Å². The summed E-state index contributed by atoms with van der Waals surface area (Å²) in [7, 11) is 1.63. The summed E-state index contributed by atoms with van der Waals surface area (Å²) < 4.78 is 7.54. The Morgan fingerprint density at radius 2 is 2.00 bits per heavy atom. The molecule has 0 radical (unpaired) electrons. The number of pyridine rings is 1. The standard InChI is InChI=1S/C17H17N3O2/c1-22-16-12-7-9-20-10-8-18-17(20)14(12)19-13(15(16)21)11-5-3-2-4-6-11/h2-10,13,15-16,19,21H,1H3/t13-,15-,16+/m1/s1. The first-order valence-electron chi connectivity index (χ1n) is 7.27. The van der Waals surface area contributed by atoms with Gasteiger partial charge in [-0.25, -0.2) is 4.98 Å². The highest BCUT2D eigenvalue weighted by atomic mass is 16.5. The minimum atomic E-state index is -0.669. The van der Waals surface area contributed by atoms with Gasteiger partial charge in [0.2, 0.25) is 0 Å². The molecule has 22 heavy (non-hydrogen) atoms. The molecule has 1 aromatic carbocycles. The topological polar surface area (TPSA) is 58.8 Å². The number of hydrogen-bond donors (Lipinski definition) is 2. The third-order valence-electron chi connectivity index (χ3n) is 4.27. The summed E-state index contributed by atoms with van der Waals surface area (Å²) in [6, 6.07) is 11.6. The maximum absolute atomic E-state index is 10.7. The molecule has 2 aromatic heterocycles. The largest absolute Gasteiger partial charge is 0.388 e. The number of ether oxygens (including phenoxy) is 1. The van der Waals surface area contributed by atoms with E-state index in [2.05, 4.69) is 10.3 Å². The molecule has 0 amide bonds. The summed E-state index contributed by atoms with van der Waals surface area (Å²) in [5.41, 5.74) is 3.71. The van der Waals surface area contributed by atoms with Crippen molar-refractivity contribution in [2.75, 3.05) is 12.4 Å². The van der Waals surface area contributed by atoms with E-state index in [9.17, 15) is 5.11 Å². The number of aromatic nitrogens is 2. The predicted molar refractivity (Wildman–Crippen MR) is 83.8 cm³/mol. The lowest BCUT2D eigenvalue weighted by Crippen LogP contribution is -2.37. The molecule has 0 saturated heterocycles. The highest BCUT2D eigenvalue weighted by Crippen LogP contribution is 2.42. The van der Waals surface area contributed by atoms with Crippen molar-refractivity contribution < 1.29 is 9.84 Å². The molecule has 0 saturated carbocycles. The van der Waals surface area contributed by atoms with Gasteiger partial charge in [0.05, 0.1) is 11.7 Å². The quantitative estimate of drug-likeness (QED) is 0.763. The summed E-state index contributed by atoms with van der Waals surface area (Å²) in [5.74, 6) is 0. The summed E-state index contributed by atoms with van der Waals surface area (Å²) in [6.07, 6.45) is 4.55. The number of aliphatic hydroxyl groups is 1. The van der Waals surface area contributed by atoms with Crippen LogP contribution in [0.1, 0.15) is 23.3 Å². The summed E-state index contributed by atoms with van der Waals surface area (Å²) in [6.45, 7) is 0. The van der Waals surface area contributed by atoms with Gasteiger partial charge < -0.3 is 19.6 Å². The van der Waals surface area contributed by atoms with E-state index in [1.165, 1.54) is 0 Å². The van der Waals surface area contributed by atoms with Crippen molar-refractivity contribution >= 4 is 11.3 Å². The minimum Gasteiger partial charge on any atom is -0.388 e. The van der Waals surface area contributed by atoms with E-state index in [0.717, 1.165) is 22.5 Å². The summed E-state index contributed by atoms with van der Waals surface area (Å²) in [5, 5.41) is 14.2. The molecule has 112 valence electrons. The first kappa shape index (κ1) is 13.3. The molecule has 5 heteroatoms. The monoisotopic (exact) mass is 295 g/mol. The van der Waals surface area contributed by atoms with Gasteiger partial charge in [-0.2, -0.15) is 0 Å². The van der Waals surface area contributed by atoms with Crippen molar-refractivity contribution in [3.63, 3.8) is 0 Å². The smallest absolute Gasteiger partial charge is 0.160 e. The zero-order valence-electron chi connectivity index (χ0n) is 12.2. The van der Waals surface area contributed by atoms with E-state index in [0.29, 0.717) is 0 Å². The number of hydrogen-bond acceptors (Lipinski definition) is 4. The number of benzene rings is 1. The number of nitrogens with one attached hydrogen (secondary N) is 1. The molecule has 5 nitrogen and oxygen atoms in total. The van der Waals surface area contributed by atoms with Crippen molar-refractivity contribution in [3.05, 3.63) is 66.1 Å². The Morgan fingerprint density at radius 3 is 2.77 bits per heavy atom. The molecular formula is C17H17N3O2. The Kier molecular flexibility index (Phi) is 3.10. The maximum atomic E-state index is 10.7. The second-order valence-corrected chi connectivity index (χ2v) is 5.48. The number of anilines is 1. The molecule has 1 aliphatic rings. The molecule has 0 aliphatic carbocycles.